The largest absolute Gasteiger partial charge is 0.477 e. The highest BCUT2D eigenvalue weighted by atomic mass is 35.5. The number of halogens is 1. The van der Waals surface area contributed by atoms with E-state index in [1.807, 2.05) is 6.92 Å². The third kappa shape index (κ3) is 2.06. The van der Waals surface area contributed by atoms with E-state index < -0.39 is 0 Å². The summed E-state index contributed by atoms with van der Waals surface area (Å²) in [6.45, 7) is 4.62. The third-order valence-corrected chi connectivity index (χ3v) is 3.35. The van der Waals surface area contributed by atoms with Crippen molar-refractivity contribution in [3.8, 4) is 5.88 Å². The molecule has 0 saturated carbocycles. The van der Waals surface area contributed by atoms with Gasteiger partial charge in [-0.1, -0.05) is 6.92 Å². The van der Waals surface area contributed by atoms with Gasteiger partial charge in [0.2, 0.25) is 11.2 Å². The van der Waals surface area contributed by atoms with E-state index in [1.165, 1.54) is 4.88 Å². The lowest BCUT2D eigenvalue weighted by atomic mass is 10.3. The number of aryl methyl sites for hydroxylation is 1. The summed E-state index contributed by atoms with van der Waals surface area (Å²) in [6.07, 6.45) is 0.990. The van der Waals surface area contributed by atoms with Gasteiger partial charge in [-0.15, -0.1) is 11.3 Å². The third-order valence-electron chi connectivity index (χ3n) is 2.01. The maximum absolute atomic E-state index is 5.82. The average molecular weight is 243 g/mol. The van der Waals surface area contributed by atoms with E-state index in [-0.39, 0.29) is 5.28 Å². The molecule has 0 saturated heterocycles. The highest BCUT2D eigenvalue weighted by molar-refractivity contribution is 7.18. The van der Waals surface area contributed by atoms with Gasteiger partial charge in [0, 0.05) is 4.88 Å². The molecule has 0 unspecified atom stereocenters. The molecule has 80 valence electrons. The highest BCUT2D eigenvalue weighted by Gasteiger charge is 2.10. The summed E-state index contributed by atoms with van der Waals surface area (Å²) in [5, 5.41) is 1.21. The molecule has 0 bridgehead atoms. The molecule has 0 fully saturated rings. The van der Waals surface area contributed by atoms with E-state index in [9.17, 15) is 0 Å². The minimum absolute atomic E-state index is 0.246. The van der Waals surface area contributed by atoms with Crippen LogP contribution in [0.5, 0.6) is 5.88 Å². The molecule has 0 aliphatic rings. The Balaban J connectivity index is 2.61. The average Bonchev–Trinajstić information content (AvgIpc) is 2.61. The second kappa shape index (κ2) is 4.33. The molecule has 0 aliphatic heterocycles. The van der Waals surface area contributed by atoms with Crippen LogP contribution in [0.25, 0.3) is 10.2 Å². The van der Waals surface area contributed by atoms with Crippen LogP contribution in [0.4, 0.5) is 0 Å². The van der Waals surface area contributed by atoms with E-state index in [1.54, 1.807) is 11.3 Å². The van der Waals surface area contributed by atoms with Gasteiger partial charge in [-0.2, -0.15) is 4.98 Å². The predicted octanol–water partition coefficient (Wildman–Crippen LogP) is 3.31. The molecule has 0 spiro atoms. The maximum atomic E-state index is 5.82. The second-order valence-electron chi connectivity index (χ2n) is 3.02. The second-order valence-corrected chi connectivity index (χ2v) is 4.47. The molecule has 0 N–H and O–H groups in total. The van der Waals surface area contributed by atoms with Crippen LogP contribution in [0.2, 0.25) is 5.28 Å². The first kappa shape index (κ1) is 10.6. The van der Waals surface area contributed by atoms with Gasteiger partial charge >= 0.3 is 0 Å². The lowest BCUT2D eigenvalue weighted by Gasteiger charge is -2.02. The number of hydrogen-bond donors (Lipinski definition) is 0. The molecular formula is C10H11ClN2OS. The smallest absolute Gasteiger partial charge is 0.227 e. The van der Waals surface area contributed by atoms with Crippen molar-refractivity contribution in [2.24, 2.45) is 0 Å². The Morgan fingerprint density at radius 2 is 2.20 bits per heavy atom. The van der Waals surface area contributed by atoms with Crippen molar-refractivity contribution in [2.75, 3.05) is 6.61 Å². The zero-order chi connectivity index (χ0) is 10.8. The fourth-order valence-electron chi connectivity index (χ4n) is 1.34. The molecule has 0 atom stereocenters. The number of rotatable bonds is 3. The minimum Gasteiger partial charge on any atom is -0.477 e. The Bertz CT molecular complexity index is 483. The maximum Gasteiger partial charge on any atom is 0.227 e. The van der Waals surface area contributed by atoms with Gasteiger partial charge in [0.25, 0.3) is 0 Å². The molecule has 2 heterocycles. The fourth-order valence-corrected chi connectivity index (χ4v) is 2.51. The molecule has 0 radical (unpaired) electrons. The first-order valence-corrected chi connectivity index (χ1v) is 6.02. The van der Waals surface area contributed by atoms with E-state index in [4.69, 9.17) is 16.3 Å². The molecule has 2 aromatic heterocycles. The van der Waals surface area contributed by atoms with E-state index in [0.717, 1.165) is 16.6 Å². The Labute approximate surface area is 97.1 Å². The van der Waals surface area contributed by atoms with Crippen LogP contribution < -0.4 is 4.74 Å². The van der Waals surface area contributed by atoms with E-state index >= 15 is 0 Å². The van der Waals surface area contributed by atoms with Crippen molar-refractivity contribution < 1.29 is 4.74 Å². The van der Waals surface area contributed by atoms with Gasteiger partial charge in [0.1, 0.15) is 4.83 Å². The summed E-state index contributed by atoms with van der Waals surface area (Å²) in [4.78, 5) is 10.4. The van der Waals surface area contributed by atoms with Crippen LogP contribution >= 0.6 is 22.9 Å². The summed E-state index contributed by atoms with van der Waals surface area (Å²) < 4.78 is 5.43. The molecule has 0 aliphatic carbocycles. The lowest BCUT2D eigenvalue weighted by molar-refractivity contribution is 0.331. The van der Waals surface area contributed by atoms with Crippen molar-refractivity contribution in [2.45, 2.75) is 20.3 Å². The Kier molecular flexibility index (Phi) is 3.07. The lowest BCUT2D eigenvalue weighted by Crippen LogP contribution is -1.95. The zero-order valence-electron chi connectivity index (χ0n) is 8.58. The van der Waals surface area contributed by atoms with Gasteiger partial charge in [-0.05, 0) is 31.0 Å². The van der Waals surface area contributed by atoms with E-state index in [2.05, 4.69) is 23.0 Å². The van der Waals surface area contributed by atoms with Crippen LogP contribution in [-0.2, 0) is 6.42 Å². The quantitative estimate of drug-likeness (QED) is 0.775. The minimum atomic E-state index is 0.246. The van der Waals surface area contributed by atoms with Crippen LogP contribution in [-0.4, -0.2) is 16.6 Å². The van der Waals surface area contributed by atoms with Gasteiger partial charge in [0.05, 0.1) is 12.0 Å². The number of hydrogen-bond acceptors (Lipinski definition) is 4. The van der Waals surface area contributed by atoms with Crippen molar-refractivity contribution in [3.05, 3.63) is 16.2 Å². The highest BCUT2D eigenvalue weighted by Crippen LogP contribution is 2.31. The van der Waals surface area contributed by atoms with Crippen molar-refractivity contribution in [3.63, 3.8) is 0 Å². The number of aromatic nitrogens is 2. The Hall–Kier alpha value is -0.870. The molecule has 0 amide bonds. The fraction of sp³-hybridized carbons (Fsp3) is 0.400. The van der Waals surface area contributed by atoms with Gasteiger partial charge in [-0.25, -0.2) is 4.98 Å². The van der Waals surface area contributed by atoms with Crippen LogP contribution in [0.15, 0.2) is 6.07 Å². The number of thiophene rings is 1. The standard InChI is InChI=1S/C10H11ClN2OS/c1-3-6-5-7-8(14-4-2)12-10(11)13-9(7)15-6/h5H,3-4H2,1-2H3. The SMILES string of the molecule is CCOc1nc(Cl)nc2sc(CC)cc12. The van der Waals surface area contributed by atoms with Crippen LogP contribution in [0.1, 0.15) is 18.7 Å². The summed E-state index contributed by atoms with van der Waals surface area (Å²) >= 11 is 7.45. The summed E-state index contributed by atoms with van der Waals surface area (Å²) in [5.74, 6) is 0.587. The first-order valence-electron chi connectivity index (χ1n) is 4.83. The molecular weight excluding hydrogens is 232 g/mol. The van der Waals surface area contributed by atoms with Gasteiger partial charge in [-0.3, -0.25) is 0 Å². The Morgan fingerprint density at radius 3 is 2.87 bits per heavy atom. The first-order chi connectivity index (χ1) is 7.24. The molecule has 2 aromatic rings. The van der Waals surface area contributed by atoms with Crippen molar-refractivity contribution in [1.29, 1.82) is 0 Å². The monoisotopic (exact) mass is 242 g/mol. The zero-order valence-corrected chi connectivity index (χ0v) is 10.2. The Morgan fingerprint density at radius 1 is 1.40 bits per heavy atom. The van der Waals surface area contributed by atoms with Crippen molar-refractivity contribution >= 4 is 33.2 Å². The molecule has 15 heavy (non-hydrogen) atoms. The number of ether oxygens (including phenoxy) is 1. The van der Waals surface area contributed by atoms with Crippen molar-refractivity contribution in [1.82, 2.24) is 9.97 Å². The summed E-state index contributed by atoms with van der Waals surface area (Å²) in [7, 11) is 0. The predicted molar refractivity (Wildman–Crippen MR) is 63.0 cm³/mol. The molecule has 3 nitrogen and oxygen atoms in total. The van der Waals surface area contributed by atoms with Crippen LogP contribution in [0.3, 0.4) is 0 Å². The van der Waals surface area contributed by atoms with Gasteiger partial charge in [0.15, 0.2) is 0 Å². The molecule has 2 rings (SSSR count). The van der Waals surface area contributed by atoms with Crippen LogP contribution in [0, 0.1) is 0 Å². The topological polar surface area (TPSA) is 35.0 Å². The molecule has 0 aromatic carbocycles. The summed E-state index contributed by atoms with van der Waals surface area (Å²) in [5.41, 5.74) is 0. The van der Waals surface area contributed by atoms with Gasteiger partial charge < -0.3 is 4.74 Å². The molecule has 5 heteroatoms. The summed E-state index contributed by atoms with van der Waals surface area (Å²) in [6, 6.07) is 2.07. The van der Waals surface area contributed by atoms with E-state index in [0.29, 0.717) is 12.5 Å². The number of fused-ring (bicyclic) bond motifs is 1. The number of nitrogens with zero attached hydrogens (tertiary/aromatic N) is 2. The normalized spacial score (nSPS) is 10.9.